The fraction of sp³-hybridized carbons (Fsp3) is 0.538. The first-order valence-corrected chi connectivity index (χ1v) is 6.34. The Morgan fingerprint density at radius 2 is 2.24 bits per heavy atom. The van der Waals surface area contributed by atoms with Crippen molar-refractivity contribution in [3.8, 4) is 11.5 Å². The first-order valence-electron chi connectivity index (χ1n) is 5.96. The predicted octanol–water partition coefficient (Wildman–Crippen LogP) is 2.98. The molecule has 0 amide bonds. The lowest BCUT2D eigenvalue weighted by molar-refractivity contribution is 0.174. The summed E-state index contributed by atoms with van der Waals surface area (Å²) in [4.78, 5) is 0. The van der Waals surface area contributed by atoms with Crippen molar-refractivity contribution in [2.75, 3.05) is 13.3 Å². The smallest absolute Gasteiger partial charge is 0.231 e. The summed E-state index contributed by atoms with van der Waals surface area (Å²) in [7, 11) is 0. The van der Waals surface area contributed by atoms with Crippen molar-refractivity contribution in [3.63, 3.8) is 0 Å². The van der Waals surface area contributed by atoms with E-state index in [-0.39, 0.29) is 12.3 Å². The molecule has 3 rings (SSSR count). The van der Waals surface area contributed by atoms with E-state index in [1.165, 1.54) is 6.42 Å². The molecular formula is C13H16ClNO2. The highest BCUT2D eigenvalue weighted by Gasteiger charge is 2.36. The molecular weight excluding hydrogens is 238 g/mol. The van der Waals surface area contributed by atoms with Crippen molar-refractivity contribution in [2.24, 2.45) is 0 Å². The maximum absolute atomic E-state index is 6.48. The Kier molecular flexibility index (Phi) is 2.49. The summed E-state index contributed by atoms with van der Waals surface area (Å²) < 4.78 is 10.8. The number of benzene rings is 1. The molecule has 1 aromatic carbocycles. The Hall–Kier alpha value is -0.930. The fourth-order valence-electron chi connectivity index (χ4n) is 2.91. The quantitative estimate of drug-likeness (QED) is 0.835. The molecule has 0 aromatic heterocycles. The minimum Gasteiger partial charge on any atom is -0.454 e. The van der Waals surface area contributed by atoms with E-state index < -0.39 is 0 Å². The van der Waals surface area contributed by atoms with Gasteiger partial charge in [0.05, 0.1) is 5.02 Å². The molecule has 1 unspecified atom stereocenters. The van der Waals surface area contributed by atoms with Gasteiger partial charge in [-0.2, -0.15) is 0 Å². The lowest BCUT2D eigenvalue weighted by Gasteiger charge is -2.28. The SMILES string of the molecule is Cc1cc2c(c(Cl)c1C1(C)CCCN1)OCO2. The van der Waals surface area contributed by atoms with E-state index in [4.69, 9.17) is 21.1 Å². The first kappa shape index (κ1) is 11.2. The summed E-state index contributed by atoms with van der Waals surface area (Å²) in [6.45, 7) is 5.59. The first-order chi connectivity index (χ1) is 8.12. The van der Waals surface area contributed by atoms with Gasteiger partial charge in [0.25, 0.3) is 0 Å². The van der Waals surface area contributed by atoms with Crippen molar-refractivity contribution in [2.45, 2.75) is 32.2 Å². The molecule has 4 heteroatoms. The van der Waals surface area contributed by atoms with Crippen molar-refractivity contribution >= 4 is 11.6 Å². The van der Waals surface area contributed by atoms with Crippen LogP contribution in [0.25, 0.3) is 0 Å². The van der Waals surface area contributed by atoms with Crippen LogP contribution in [0.15, 0.2) is 6.07 Å². The second-order valence-corrected chi connectivity index (χ2v) is 5.36. The highest BCUT2D eigenvalue weighted by molar-refractivity contribution is 6.33. The standard InChI is InChI=1S/C13H16ClNO2/c1-8-6-9-12(17-7-16-9)11(14)10(8)13(2)4-3-5-15-13/h6,15H,3-5,7H2,1-2H3. The van der Waals surface area contributed by atoms with Crippen molar-refractivity contribution in [3.05, 3.63) is 22.2 Å². The van der Waals surface area contributed by atoms with Gasteiger partial charge in [-0.05, 0) is 50.4 Å². The largest absolute Gasteiger partial charge is 0.454 e. The number of nitrogens with one attached hydrogen (secondary N) is 1. The van der Waals surface area contributed by atoms with Crippen LogP contribution >= 0.6 is 11.6 Å². The number of rotatable bonds is 1. The number of aryl methyl sites for hydroxylation is 1. The molecule has 0 aliphatic carbocycles. The summed E-state index contributed by atoms with van der Waals surface area (Å²) in [6, 6.07) is 2.02. The van der Waals surface area contributed by atoms with E-state index in [2.05, 4.69) is 19.2 Å². The van der Waals surface area contributed by atoms with E-state index in [1.807, 2.05) is 6.07 Å². The van der Waals surface area contributed by atoms with Crippen LogP contribution in [-0.2, 0) is 5.54 Å². The zero-order chi connectivity index (χ0) is 12.0. The number of halogens is 1. The molecule has 0 spiro atoms. The third-order valence-corrected chi connectivity index (χ3v) is 4.08. The molecule has 92 valence electrons. The van der Waals surface area contributed by atoms with Crippen LogP contribution in [0, 0.1) is 6.92 Å². The van der Waals surface area contributed by atoms with E-state index in [0.29, 0.717) is 10.8 Å². The third kappa shape index (κ3) is 1.60. The zero-order valence-corrected chi connectivity index (χ0v) is 10.9. The molecule has 0 saturated carbocycles. The van der Waals surface area contributed by atoms with Crippen LogP contribution in [0.1, 0.15) is 30.9 Å². The second-order valence-electron chi connectivity index (χ2n) is 4.98. The summed E-state index contributed by atoms with van der Waals surface area (Å²) in [5.74, 6) is 1.46. The number of fused-ring (bicyclic) bond motifs is 1. The molecule has 1 aromatic rings. The van der Waals surface area contributed by atoms with Gasteiger partial charge in [-0.3, -0.25) is 0 Å². The van der Waals surface area contributed by atoms with Crippen LogP contribution in [-0.4, -0.2) is 13.3 Å². The minimum absolute atomic E-state index is 0.0395. The average Bonchev–Trinajstić information content (AvgIpc) is 2.87. The number of hydrogen-bond acceptors (Lipinski definition) is 3. The lowest BCUT2D eigenvalue weighted by atomic mass is 9.87. The van der Waals surface area contributed by atoms with E-state index in [9.17, 15) is 0 Å². The highest BCUT2D eigenvalue weighted by Crippen LogP contribution is 2.47. The van der Waals surface area contributed by atoms with Gasteiger partial charge in [-0.25, -0.2) is 0 Å². The van der Waals surface area contributed by atoms with Gasteiger partial charge in [0, 0.05) is 5.54 Å². The van der Waals surface area contributed by atoms with Crippen LogP contribution in [0.4, 0.5) is 0 Å². The van der Waals surface area contributed by atoms with Crippen molar-refractivity contribution in [1.29, 1.82) is 0 Å². The van der Waals surface area contributed by atoms with Gasteiger partial charge in [0.1, 0.15) is 0 Å². The Morgan fingerprint density at radius 1 is 1.41 bits per heavy atom. The van der Waals surface area contributed by atoms with Gasteiger partial charge >= 0.3 is 0 Å². The predicted molar refractivity (Wildman–Crippen MR) is 66.9 cm³/mol. The van der Waals surface area contributed by atoms with Crippen molar-refractivity contribution < 1.29 is 9.47 Å². The van der Waals surface area contributed by atoms with E-state index in [1.54, 1.807) is 0 Å². The normalized spacial score (nSPS) is 26.5. The maximum Gasteiger partial charge on any atom is 0.231 e. The average molecular weight is 254 g/mol. The van der Waals surface area contributed by atoms with Crippen LogP contribution in [0.3, 0.4) is 0 Å². The van der Waals surface area contributed by atoms with E-state index in [0.717, 1.165) is 29.8 Å². The number of hydrogen-bond donors (Lipinski definition) is 1. The van der Waals surface area contributed by atoms with Gasteiger partial charge in [-0.15, -0.1) is 0 Å². The third-order valence-electron chi connectivity index (χ3n) is 3.72. The summed E-state index contributed by atoms with van der Waals surface area (Å²) in [6.07, 6.45) is 2.29. The minimum atomic E-state index is -0.0395. The molecule has 1 saturated heterocycles. The molecule has 1 atom stereocenters. The topological polar surface area (TPSA) is 30.5 Å². The maximum atomic E-state index is 6.48. The van der Waals surface area contributed by atoms with Gasteiger partial charge in [-0.1, -0.05) is 11.6 Å². The second kappa shape index (κ2) is 3.79. The summed E-state index contributed by atoms with van der Waals surface area (Å²) in [5.41, 5.74) is 2.28. The van der Waals surface area contributed by atoms with Gasteiger partial charge in [0.15, 0.2) is 11.5 Å². The highest BCUT2D eigenvalue weighted by atomic mass is 35.5. The molecule has 1 N–H and O–H groups in total. The van der Waals surface area contributed by atoms with Crippen LogP contribution < -0.4 is 14.8 Å². The molecule has 2 heterocycles. The Bertz CT molecular complexity index is 467. The fourth-order valence-corrected chi connectivity index (χ4v) is 3.41. The molecule has 2 aliphatic rings. The van der Waals surface area contributed by atoms with E-state index >= 15 is 0 Å². The van der Waals surface area contributed by atoms with Gasteiger partial charge < -0.3 is 14.8 Å². The van der Waals surface area contributed by atoms with Crippen LogP contribution in [0.2, 0.25) is 5.02 Å². The molecule has 1 fully saturated rings. The monoisotopic (exact) mass is 253 g/mol. The Morgan fingerprint density at radius 3 is 2.94 bits per heavy atom. The zero-order valence-electron chi connectivity index (χ0n) is 10.1. The van der Waals surface area contributed by atoms with Crippen LogP contribution in [0.5, 0.6) is 11.5 Å². The van der Waals surface area contributed by atoms with Gasteiger partial charge in [0.2, 0.25) is 6.79 Å². The Labute approximate surface area is 106 Å². The molecule has 17 heavy (non-hydrogen) atoms. The number of ether oxygens (including phenoxy) is 2. The summed E-state index contributed by atoms with van der Waals surface area (Å²) >= 11 is 6.48. The molecule has 3 nitrogen and oxygen atoms in total. The molecule has 0 radical (unpaired) electrons. The molecule has 2 aliphatic heterocycles. The summed E-state index contributed by atoms with van der Waals surface area (Å²) in [5, 5.41) is 4.24. The molecule has 0 bridgehead atoms. The Balaban J connectivity index is 2.16. The van der Waals surface area contributed by atoms with Crippen molar-refractivity contribution in [1.82, 2.24) is 5.32 Å². The lowest BCUT2D eigenvalue weighted by Crippen LogP contribution is -2.34.